The van der Waals surface area contributed by atoms with E-state index in [4.69, 9.17) is 4.55 Å². The minimum absolute atomic E-state index is 0.0986. The van der Waals surface area contributed by atoms with Crippen molar-refractivity contribution >= 4 is 37.4 Å². The number of hydrogen-bond donors (Lipinski definition) is 2. The Morgan fingerprint density at radius 1 is 0.950 bits per heavy atom. The van der Waals surface area contributed by atoms with Crippen molar-refractivity contribution in [3.05, 3.63) is 46.9 Å². The van der Waals surface area contributed by atoms with Crippen molar-refractivity contribution < 1.29 is 18.1 Å². The van der Waals surface area contributed by atoms with E-state index in [9.17, 15) is 13.5 Å². The average molecular weight is 357 g/mol. The molecule has 0 heterocycles. The summed E-state index contributed by atoms with van der Waals surface area (Å²) < 4.78 is 31.1. The second-order valence-corrected chi connectivity index (χ2v) is 6.08. The van der Waals surface area contributed by atoms with Gasteiger partial charge in [-0.05, 0) is 58.4 Å². The van der Waals surface area contributed by atoms with Crippen molar-refractivity contribution in [3.63, 3.8) is 0 Å². The standard InChI is InChI=1S/C12H9BrN2O4S/c13-11-7-9(3-6-12(11)16)15-14-8-1-4-10(5-2-8)20(17,18)19/h1-7,16H,(H,17,18,19). The number of nitrogens with zero attached hydrogens (tertiary/aromatic N) is 2. The normalized spacial score (nSPS) is 11.9. The summed E-state index contributed by atoms with van der Waals surface area (Å²) in [5.41, 5.74) is 0.954. The third-order valence-electron chi connectivity index (χ3n) is 2.35. The zero-order valence-corrected chi connectivity index (χ0v) is 12.3. The summed E-state index contributed by atoms with van der Waals surface area (Å²) in [7, 11) is -4.20. The van der Waals surface area contributed by atoms with E-state index in [1.807, 2.05) is 0 Å². The van der Waals surface area contributed by atoms with Crippen LogP contribution in [0.4, 0.5) is 11.4 Å². The van der Waals surface area contributed by atoms with Gasteiger partial charge in [-0.1, -0.05) is 0 Å². The Hall–Kier alpha value is -1.77. The van der Waals surface area contributed by atoms with E-state index in [0.29, 0.717) is 15.8 Å². The predicted octanol–water partition coefficient (Wildman–Crippen LogP) is 3.82. The fourth-order valence-electron chi connectivity index (χ4n) is 1.36. The van der Waals surface area contributed by atoms with Gasteiger partial charge in [-0.2, -0.15) is 18.6 Å². The van der Waals surface area contributed by atoms with Gasteiger partial charge in [0.25, 0.3) is 10.1 Å². The summed E-state index contributed by atoms with van der Waals surface area (Å²) in [6, 6.07) is 9.94. The van der Waals surface area contributed by atoms with Gasteiger partial charge in [0.05, 0.1) is 20.7 Å². The van der Waals surface area contributed by atoms with E-state index in [1.54, 1.807) is 12.1 Å². The van der Waals surface area contributed by atoms with Gasteiger partial charge in [0.1, 0.15) is 5.75 Å². The Kier molecular flexibility index (Phi) is 4.17. The van der Waals surface area contributed by atoms with E-state index in [-0.39, 0.29) is 10.6 Å². The number of phenolic OH excluding ortho intramolecular Hbond substituents is 1. The highest BCUT2D eigenvalue weighted by Gasteiger charge is 2.08. The quantitative estimate of drug-likeness (QED) is 0.644. The molecule has 0 atom stereocenters. The molecule has 2 aromatic rings. The van der Waals surface area contributed by atoms with Crippen molar-refractivity contribution in [3.8, 4) is 5.75 Å². The lowest BCUT2D eigenvalue weighted by Crippen LogP contribution is -1.96. The van der Waals surface area contributed by atoms with E-state index in [1.165, 1.54) is 30.3 Å². The molecule has 20 heavy (non-hydrogen) atoms. The van der Waals surface area contributed by atoms with Gasteiger partial charge in [0.15, 0.2) is 0 Å². The van der Waals surface area contributed by atoms with E-state index in [2.05, 4.69) is 26.2 Å². The maximum Gasteiger partial charge on any atom is 0.294 e. The fourth-order valence-corrected chi connectivity index (χ4v) is 2.20. The first kappa shape index (κ1) is 14.6. The molecule has 0 aromatic heterocycles. The van der Waals surface area contributed by atoms with Crippen LogP contribution in [-0.2, 0) is 10.1 Å². The Morgan fingerprint density at radius 3 is 2.05 bits per heavy atom. The van der Waals surface area contributed by atoms with Crippen molar-refractivity contribution in [2.24, 2.45) is 10.2 Å². The molecule has 0 saturated heterocycles. The van der Waals surface area contributed by atoms with Crippen molar-refractivity contribution in [1.82, 2.24) is 0 Å². The molecule has 0 spiro atoms. The molecule has 2 aromatic carbocycles. The van der Waals surface area contributed by atoms with Gasteiger partial charge in [0.2, 0.25) is 0 Å². The first-order valence-electron chi connectivity index (χ1n) is 5.34. The summed E-state index contributed by atoms with van der Waals surface area (Å²) in [5.74, 6) is 0.0986. The molecule has 0 aliphatic carbocycles. The predicted molar refractivity (Wildman–Crippen MR) is 76.2 cm³/mol. The Bertz CT molecular complexity index is 758. The highest BCUT2D eigenvalue weighted by molar-refractivity contribution is 9.10. The molecule has 2 N–H and O–H groups in total. The van der Waals surface area contributed by atoms with E-state index in [0.717, 1.165) is 0 Å². The van der Waals surface area contributed by atoms with Crippen LogP contribution < -0.4 is 0 Å². The van der Waals surface area contributed by atoms with Crippen molar-refractivity contribution in [2.75, 3.05) is 0 Å². The summed E-state index contributed by atoms with van der Waals surface area (Å²) in [6.45, 7) is 0. The number of hydrogen-bond acceptors (Lipinski definition) is 5. The molecule has 0 aliphatic rings. The number of rotatable bonds is 3. The monoisotopic (exact) mass is 356 g/mol. The van der Waals surface area contributed by atoms with Crippen molar-refractivity contribution in [1.29, 1.82) is 0 Å². The van der Waals surface area contributed by atoms with Crippen LogP contribution in [0.15, 0.2) is 62.1 Å². The smallest absolute Gasteiger partial charge is 0.294 e. The van der Waals surface area contributed by atoms with Crippen LogP contribution in [0.5, 0.6) is 5.75 Å². The molecule has 0 bridgehead atoms. The van der Waals surface area contributed by atoms with Gasteiger partial charge in [-0.3, -0.25) is 4.55 Å². The van der Waals surface area contributed by atoms with E-state index >= 15 is 0 Å². The maximum absolute atomic E-state index is 10.9. The van der Waals surface area contributed by atoms with Crippen LogP contribution in [-0.4, -0.2) is 18.1 Å². The summed E-state index contributed by atoms with van der Waals surface area (Å²) in [5, 5.41) is 17.2. The topological polar surface area (TPSA) is 99.3 Å². The zero-order chi connectivity index (χ0) is 14.8. The largest absolute Gasteiger partial charge is 0.507 e. The average Bonchev–Trinajstić information content (AvgIpc) is 2.40. The molecular formula is C12H9BrN2O4S. The molecule has 0 radical (unpaired) electrons. The van der Waals surface area contributed by atoms with Gasteiger partial charge in [-0.15, -0.1) is 0 Å². The Balaban J connectivity index is 2.21. The Labute approximate surface area is 123 Å². The number of halogens is 1. The molecule has 2 rings (SSSR count). The first-order chi connectivity index (χ1) is 9.36. The maximum atomic E-state index is 10.9. The fraction of sp³-hybridized carbons (Fsp3) is 0. The Morgan fingerprint density at radius 2 is 1.50 bits per heavy atom. The number of phenols is 1. The highest BCUT2D eigenvalue weighted by atomic mass is 79.9. The van der Waals surface area contributed by atoms with Crippen LogP contribution in [0, 0.1) is 0 Å². The molecule has 0 amide bonds. The van der Waals surface area contributed by atoms with Gasteiger partial charge < -0.3 is 5.11 Å². The van der Waals surface area contributed by atoms with Gasteiger partial charge in [-0.25, -0.2) is 0 Å². The molecule has 8 heteroatoms. The minimum atomic E-state index is -4.20. The second kappa shape index (κ2) is 5.70. The van der Waals surface area contributed by atoms with Gasteiger partial charge in [0, 0.05) is 0 Å². The molecular weight excluding hydrogens is 348 g/mol. The molecule has 104 valence electrons. The zero-order valence-electron chi connectivity index (χ0n) is 9.93. The van der Waals surface area contributed by atoms with Crippen LogP contribution in [0.3, 0.4) is 0 Å². The van der Waals surface area contributed by atoms with Crippen LogP contribution in [0.2, 0.25) is 0 Å². The lowest BCUT2D eigenvalue weighted by Gasteiger charge is -1.98. The molecule has 6 nitrogen and oxygen atoms in total. The lowest BCUT2D eigenvalue weighted by atomic mass is 10.3. The summed E-state index contributed by atoms with van der Waals surface area (Å²) in [6.07, 6.45) is 0. The summed E-state index contributed by atoms with van der Waals surface area (Å²) >= 11 is 3.16. The van der Waals surface area contributed by atoms with E-state index < -0.39 is 10.1 Å². The van der Waals surface area contributed by atoms with Crippen LogP contribution in [0.25, 0.3) is 0 Å². The molecule has 0 saturated carbocycles. The van der Waals surface area contributed by atoms with Gasteiger partial charge >= 0.3 is 0 Å². The van der Waals surface area contributed by atoms with Crippen LogP contribution >= 0.6 is 15.9 Å². The third-order valence-corrected chi connectivity index (χ3v) is 3.85. The lowest BCUT2D eigenvalue weighted by molar-refractivity contribution is 0.472. The minimum Gasteiger partial charge on any atom is -0.507 e. The van der Waals surface area contributed by atoms with Crippen LogP contribution in [0.1, 0.15) is 0 Å². The molecule has 0 aliphatic heterocycles. The highest BCUT2D eigenvalue weighted by Crippen LogP contribution is 2.29. The SMILES string of the molecule is O=S(=O)(O)c1ccc(N=Nc2ccc(O)c(Br)c2)cc1. The van der Waals surface area contributed by atoms with Crippen molar-refractivity contribution in [2.45, 2.75) is 4.90 Å². The number of azo groups is 1. The number of benzene rings is 2. The first-order valence-corrected chi connectivity index (χ1v) is 7.57. The molecule has 0 unspecified atom stereocenters. The second-order valence-electron chi connectivity index (χ2n) is 3.80. The third kappa shape index (κ3) is 3.62. The number of aromatic hydroxyl groups is 1. The summed E-state index contributed by atoms with van der Waals surface area (Å²) in [4.78, 5) is -0.205. The molecule has 0 fully saturated rings.